The van der Waals surface area contributed by atoms with Gasteiger partial charge >= 0.3 is 0 Å². The van der Waals surface area contributed by atoms with E-state index in [-0.39, 0.29) is 5.91 Å². The standard InChI is InChI=1S/C19H24N6O/c1-3-4-11-20-16-8-9-17-22-23-18(25(17)24-16)10-12-21-19(26)15-7-5-6-14(2)13-15/h5-9,13H,3-4,10-12H2,1-2H3,(H,20,24)(H,21,26). The third-order valence-electron chi connectivity index (χ3n) is 4.08. The Kier molecular flexibility index (Phi) is 5.78. The number of anilines is 1. The van der Waals surface area contributed by atoms with Crippen LogP contribution in [0.25, 0.3) is 5.65 Å². The number of benzene rings is 1. The first-order valence-corrected chi connectivity index (χ1v) is 8.97. The average Bonchev–Trinajstić information content (AvgIpc) is 3.04. The number of aromatic nitrogens is 4. The summed E-state index contributed by atoms with van der Waals surface area (Å²) in [6.07, 6.45) is 2.79. The van der Waals surface area contributed by atoms with Crippen molar-refractivity contribution in [3.05, 3.63) is 53.3 Å². The van der Waals surface area contributed by atoms with Gasteiger partial charge in [0.2, 0.25) is 0 Å². The number of carbonyl (C=O) groups is 1. The van der Waals surface area contributed by atoms with Crippen molar-refractivity contribution in [3.8, 4) is 0 Å². The van der Waals surface area contributed by atoms with Gasteiger partial charge < -0.3 is 10.6 Å². The van der Waals surface area contributed by atoms with E-state index in [4.69, 9.17) is 0 Å². The molecule has 0 radical (unpaired) electrons. The quantitative estimate of drug-likeness (QED) is 0.609. The van der Waals surface area contributed by atoms with Crippen molar-refractivity contribution in [3.63, 3.8) is 0 Å². The molecule has 0 spiro atoms. The van der Waals surface area contributed by atoms with Crippen molar-refractivity contribution in [2.24, 2.45) is 0 Å². The van der Waals surface area contributed by atoms with Crippen molar-refractivity contribution < 1.29 is 4.79 Å². The predicted octanol–water partition coefficient (Wildman–Crippen LogP) is 2.62. The number of nitrogens with one attached hydrogen (secondary N) is 2. The van der Waals surface area contributed by atoms with Gasteiger partial charge in [-0.3, -0.25) is 4.79 Å². The fraction of sp³-hybridized carbons (Fsp3) is 0.368. The van der Waals surface area contributed by atoms with Crippen LogP contribution in [0.3, 0.4) is 0 Å². The number of unbranched alkanes of at least 4 members (excludes halogenated alkanes) is 1. The molecule has 2 aromatic heterocycles. The number of aryl methyl sites for hydroxylation is 1. The molecule has 0 saturated heterocycles. The number of amides is 1. The third kappa shape index (κ3) is 4.36. The van der Waals surface area contributed by atoms with Gasteiger partial charge in [0.1, 0.15) is 5.82 Å². The summed E-state index contributed by atoms with van der Waals surface area (Å²) in [5.41, 5.74) is 2.43. The molecule has 0 aliphatic heterocycles. The minimum Gasteiger partial charge on any atom is -0.369 e. The van der Waals surface area contributed by atoms with Crippen LogP contribution in [0.2, 0.25) is 0 Å². The zero-order valence-corrected chi connectivity index (χ0v) is 15.2. The lowest BCUT2D eigenvalue weighted by atomic mass is 10.1. The average molecular weight is 352 g/mol. The Balaban J connectivity index is 1.61. The zero-order chi connectivity index (χ0) is 18.4. The molecule has 3 aromatic rings. The number of nitrogens with zero attached hydrogens (tertiary/aromatic N) is 4. The lowest BCUT2D eigenvalue weighted by Crippen LogP contribution is -2.26. The Bertz CT molecular complexity index is 889. The van der Waals surface area contributed by atoms with Gasteiger partial charge in [-0.05, 0) is 37.6 Å². The molecule has 2 N–H and O–H groups in total. The molecule has 1 aromatic carbocycles. The Morgan fingerprint density at radius 3 is 2.85 bits per heavy atom. The molecule has 7 nitrogen and oxygen atoms in total. The number of hydrogen-bond donors (Lipinski definition) is 2. The fourth-order valence-corrected chi connectivity index (χ4v) is 2.65. The van der Waals surface area contributed by atoms with Gasteiger partial charge in [0, 0.05) is 25.1 Å². The Labute approximate surface area is 152 Å². The number of hydrogen-bond acceptors (Lipinski definition) is 5. The van der Waals surface area contributed by atoms with Crippen molar-refractivity contribution in [1.82, 2.24) is 25.1 Å². The molecular formula is C19H24N6O. The molecule has 0 bridgehead atoms. The van der Waals surface area contributed by atoms with Crippen LogP contribution in [0.1, 0.15) is 41.5 Å². The first kappa shape index (κ1) is 17.8. The second kappa shape index (κ2) is 8.42. The summed E-state index contributed by atoms with van der Waals surface area (Å²) in [6, 6.07) is 11.3. The second-order valence-electron chi connectivity index (χ2n) is 6.26. The van der Waals surface area contributed by atoms with E-state index in [9.17, 15) is 4.79 Å². The van der Waals surface area contributed by atoms with E-state index in [0.29, 0.717) is 24.2 Å². The predicted molar refractivity (Wildman–Crippen MR) is 101 cm³/mol. The summed E-state index contributed by atoms with van der Waals surface area (Å²) in [5.74, 6) is 1.44. The van der Waals surface area contributed by atoms with Crippen LogP contribution in [-0.2, 0) is 6.42 Å². The van der Waals surface area contributed by atoms with Gasteiger partial charge in [0.15, 0.2) is 11.5 Å². The summed E-state index contributed by atoms with van der Waals surface area (Å²) in [7, 11) is 0. The maximum absolute atomic E-state index is 12.2. The molecule has 0 aliphatic rings. The van der Waals surface area contributed by atoms with E-state index in [2.05, 4.69) is 32.9 Å². The van der Waals surface area contributed by atoms with Crippen molar-refractivity contribution >= 4 is 17.4 Å². The topological polar surface area (TPSA) is 84.2 Å². The minimum absolute atomic E-state index is 0.0857. The highest BCUT2D eigenvalue weighted by molar-refractivity contribution is 5.94. The first-order valence-electron chi connectivity index (χ1n) is 8.97. The first-order chi connectivity index (χ1) is 12.7. The van der Waals surface area contributed by atoms with E-state index in [1.54, 1.807) is 4.52 Å². The lowest BCUT2D eigenvalue weighted by Gasteiger charge is -2.07. The molecule has 1 amide bonds. The van der Waals surface area contributed by atoms with Crippen LogP contribution < -0.4 is 10.6 Å². The van der Waals surface area contributed by atoms with Crippen molar-refractivity contribution in [1.29, 1.82) is 0 Å². The van der Waals surface area contributed by atoms with E-state index in [1.165, 1.54) is 0 Å². The molecule has 0 fully saturated rings. The molecule has 0 aliphatic carbocycles. The number of carbonyl (C=O) groups excluding carboxylic acids is 1. The van der Waals surface area contributed by atoms with Gasteiger partial charge in [-0.2, -0.15) is 4.52 Å². The molecule has 7 heteroatoms. The SMILES string of the molecule is CCCCNc1ccc2nnc(CCNC(=O)c3cccc(C)c3)n2n1. The largest absolute Gasteiger partial charge is 0.369 e. The van der Waals surface area contributed by atoms with Crippen molar-refractivity contribution in [2.45, 2.75) is 33.1 Å². The van der Waals surface area contributed by atoms with E-state index in [1.807, 2.05) is 43.3 Å². The second-order valence-corrected chi connectivity index (χ2v) is 6.26. The van der Waals surface area contributed by atoms with Crippen molar-refractivity contribution in [2.75, 3.05) is 18.4 Å². The van der Waals surface area contributed by atoms with Gasteiger partial charge in [-0.15, -0.1) is 15.3 Å². The minimum atomic E-state index is -0.0857. The highest BCUT2D eigenvalue weighted by atomic mass is 16.1. The number of rotatable bonds is 8. The normalized spacial score (nSPS) is 10.8. The van der Waals surface area contributed by atoms with Gasteiger partial charge in [-0.25, -0.2) is 0 Å². The van der Waals surface area contributed by atoms with Crippen LogP contribution in [0.15, 0.2) is 36.4 Å². The molecule has 2 heterocycles. The van der Waals surface area contributed by atoms with Gasteiger partial charge in [0.25, 0.3) is 5.91 Å². The smallest absolute Gasteiger partial charge is 0.251 e. The third-order valence-corrected chi connectivity index (χ3v) is 4.08. The van der Waals surface area contributed by atoms with Gasteiger partial charge in [0.05, 0.1) is 0 Å². The van der Waals surface area contributed by atoms with Crippen LogP contribution in [-0.4, -0.2) is 38.8 Å². The van der Waals surface area contributed by atoms with E-state index >= 15 is 0 Å². The lowest BCUT2D eigenvalue weighted by molar-refractivity contribution is 0.0954. The summed E-state index contributed by atoms with van der Waals surface area (Å²) in [5, 5.41) is 19.1. The fourth-order valence-electron chi connectivity index (χ4n) is 2.65. The number of fused-ring (bicyclic) bond motifs is 1. The Hall–Kier alpha value is -2.96. The van der Waals surface area contributed by atoms with Crippen LogP contribution in [0, 0.1) is 6.92 Å². The molecule has 136 valence electrons. The van der Waals surface area contributed by atoms with Crippen LogP contribution >= 0.6 is 0 Å². The molecule has 3 rings (SSSR count). The molecular weight excluding hydrogens is 328 g/mol. The molecule has 0 unspecified atom stereocenters. The van der Waals surface area contributed by atoms with E-state index < -0.39 is 0 Å². The highest BCUT2D eigenvalue weighted by Gasteiger charge is 2.09. The highest BCUT2D eigenvalue weighted by Crippen LogP contribution is 2.08. The molecule has 0 saturated carbocycles. The molecule has 26 heavy (non-hydrogen) atoms. The Morgan fingerprint density at radius 2 is 2.04 bits per heavy atom. The summed E-state index contributed by atoms with van der Waals surface area (Å²) in [4.78, 5) is 12.2. The summed E-state index contributed by atoms with van der Waals surface area (Å²) in [6.45, 7) is 5.49. The summed E-state index contributed by atoms with van der Waals surface area (Å²) < 4.78 is 1.73. The molecule has 0 atom stereocenters. The van der Waals surface area contributed by atoms with Crippen LogP contribution in [0.5, 0.6) is 0 Å². The summed E-state index contributed by atoms with van der Waals surface area (Å²) >= 11 is 0. The Morgan fingerprint density at radius 1 is 1.15 bits per heavy atom. The van der Waals surface area contributed by atoms with Crippen LogP contribution in [0.4, 0.5) is 5.82 Å². The van der Waals surface area contributed by atoms with E-state index in [0.717, 1.165) is 36.6 Å². The van der Waals surface area contributed by atoms with Gasteiger partial charge in [-0.1, -0.05) is 31.0 Å². The zero-order valence-electron chi connectivity index (χ0n) is 15.2. The maximum atomic E-state index is 12.2. The maximum Gasteiger partial charge on any atom is 0.251 e. The monoisotopic (exact) mass is 352 g/mol.